The van der Waals surface area contributed by atoms with Crippen molar-refractivity contribution in [3.8, 4) is 0 Å². The predicted molar refractivity (Wildman–Crippen MR) is 93.9 cm³/mol. The molecule has 1 atom stereocenters. The van der Waals surface area contributed by atoms with Gasteiger partial charge in [0.2, 0.25) is 0 Å². The van der Waals surface area contributed by atoms with Crippen LogP contribution in [0.2, 0.25) is 0 Å². The second kappa shape index (κ2) is 6.51. The van der Waals surface area contributed by atoms with Crippen LogP contribution < -0.4 is 4.90 Å². The first-order valence-electron chi connectivity index (χ1n) is 8.97. The number of hydrogen-bond donors (Lipinski definition) is 0. The maximum atomic E-state index is 4.53. The quantitative estimate of drug-likeness (QED) is 0.862. The van der Waals surface area contributed by atoms with Gasteiger partial charge < -0.3 is 4.90 Å². The molecule has 0 amide bonds. The van der Waals surface area contributed by atoms with E-state index < -0.39 is 0 Å². The number of aryl methyl sites for hydroxylation is 1. The molecule has 2 aromatic rings. The summed E-state index contributed by atoms with van der Waals surface area (Å²) < 4.78 is 1.87. The zero-order chi connectivity index (χ0) is 16.5. The first-order valence-corrected chi connectivity index (χ1v) is 8.97. The second-order valence-electron chi connectivity index (χ2n) is 7.22. The number of anilines is 1. The van der Waals surface area contributed by atoms with Crippen molar-refractivity contribution in [3.05, 3.63) is 36.0 Å². The highest BCUT2D eigenvalue weighted by atomic mass is 15.3. The van der Waals surface area contributed by atoms with Gasteiger partial charge in [-0.05, 0) is 19.8 Å². The normalized spacial score (nSPS) is 22.6. The van der Waals surface area contributed by atoms with E-state index in [4.69, 9.17) is 0 Å². The largest absolute Gasteiger partial charge is 0.354 e. The minimum atomic E-state index is 0.501. The van der Waals surface area contributed by atoms with Crippen molar-refractivity contribution in [1.29, 1.82) is 0 Å². The Bertz CT molecular complexity index is 692. The summed E-state index contributed by atoms with van der Waals surface area (Å²) in [4.78, 5) is 14.0. The first kappa shape index (κ1) is 15.6. The molecule has 1 saturated heterocycles. The van der Waals surface area contributed by atoms with Gasteiger partial charge in [-0.3, -0.25) is 9.58 Å². The van der Waals surface area contributed by atoms with Crippen molar-refractivity contribution in [2.75, 3.05) is 24.5 Å². The first-order chi connectivity index (χ1) is 11.7. The molecule has 0 spiro atoms. The Kier molecular flexibility index (Phi) is 4.22. The lowest BCUT2D eigenvalue weighted by atomic mass is 9.83. The third-order valence-electron chi connectivity index (χ3n) is 5.43. The number of piperazine rings is 1. The fourth-order valence-corrected chi connectivity index (χ4v) is 3.69. The van der Waals surface area contributed by atoms with E-state index in [1.807, 2.05) is 17.9 Å². The standard InChI is InChI=1S/C18H26N6/c1-14-10-24(7-6-23(14)12-15-9-21-22(2)11-15)18-8-17(19-13-20-18)16-4-3-5-16/h8-9,11,13-14,16H,3-7,10,12H2,1-2H3. The molecule has 1 aliphatic heterocycles. The molecular weight excluding hydrogens is 300 g/mol. The van der Waals surface area contributed by atoms with Gasteiger partial charge in [0.25, 0.3) is 0 Å². The van der Waals surface area contributed by atoms with Crippen molar-refractivity contribution in [2.45, 2.75) is 44.7 Å². The summed E-state index contributed by atoms with van der Waals surface area (Å²) in [6.45, 7) is 6.36. The Morgan fingerprint density at radius 2 is 2.08 bits per heavy atom. The molecular formula is C18H26N6. The summed E-state index contributed by atoms with van der Waals surface area (Å²) in [6.07, 6.45) is 9.73. The Labute approximate surface area is 143 Å². The molecule has 2 fully saturated rings. The van der Waals surface area contributed by atoms with Gasteiger partial charge in [0.05, 0.1) is 6.20 Å². The van der Waals surface area contributed by atoms with E-state index in [1.54, 1.807) is 6.33 Å². The van der Waals surface area contributed by atoms with Crippen LogP contribution in [0.25, 0.3) is 0 Å². The molecule has 0 N–H and O–H groups in total. The van der Waals surface area contributed by atoms with Gasteiger partial charge in [-0.2, -0.15) is 5.10 Å². The lowest BCUT2D eigenvalue weighted by Gasteiger charge is -2.40. The van der Waals surface area contributed by atoms with Crippen molar-refractivity contribution in [3.63, 3.8) is 0 Å². The molecule has 0 aromatic carbocycles. The van der Waals surface area contributed by atoms with Gasteiger partial charge in [0.15, 0.2) is 0 Å². The van der Waals surface area contributed by atoms with E-state index >= 15 is 0 Å². The van der Waals surface area contributed by atoms with Crippen molar-refractivity contribution in [1.82, 2.24) is 24.6 Å². The summed E-state index contributed by atoms with van der Waals surface area (Å²) in [6, 6.07) is 2.72. The zero-order valence-electron chi connectivity index (χ0n) is 14.6. The summed E-state index contributed by atoms with van der Waals surface area (Å²) >= 11 is 0. The van der Waals surface area contributed by atoms with Crippen LogP contribution in [0.4, 0.5) is 5.82 Å². The molecule has 4 rings (SSSR count). The fourth-order valence-electron chi connectivity index (χ4n) is 3.69. The van der Waals surface area contributed by atoms with Gasteiger partial charge in [0, 0.05) is 68.7 Å². The molecule has 2 aromatic heterocycles. The average molecular weight is 326 g/mol. The highest BCUT2D eigenvalue weighted by Crippen LogP contribution is 2.36. The molecule has 24 heavy (non-hydrogen) atoms. The van der Waals surface area contributed by atoms with E-state index in [-0.39, 0.29) is 0 Å². The highest BCUT2D eigenvalue weighted by Gasteiger charge is 2.26. The van der Waals surface area contributed by atoms with E-state index in [9.17, 15) is 0 Å². The number of aromatic nitrogens is 4. The van der Waals surface area contributed by atoms with Crippen LogP contribution in [0.3, 0.4) is 0 Å². The maximum Gasteiger partial charge on any atom is 0.132 e. The van der Waals surface area contributed by atoms with Crippen molar-refractivity contribution in [2.24, 2.45) is 7.05 Å². The van der Waals surface area contributed by atoms with Crippen molar-refractivity contribution < 1.29 is 0 Å². The third kappa shape index (κ3) is 3.15. The lowest BCUT2D eigenvalue weighted by molar-refractivity contribution is 0.180. The van der Waals surface area contributed by atoms with Gasteiger partial charge in [-0.15, -0.1) is 0 Å². The summed E-state index contributed by atoms with van der Waals surface area (Å²) in [5.41, 5.74) is 2.52. The Hall–Kier alpha value is -1.95. The van der Waals surface area contributed by atoms with Crippen LogP contribution in [0.5, 0.6) is 0 Å². The SMILES string of the molecule is CC1CN(c2cc(C3CCC3)ncn2)CCN1Cc1cnn(C)c1. The predicted octanol–water partition coefficient (Wildman–Crippen LogP) is 2.19. The van der Waals surface area contributed by atoms with Crippen LogP contribution in [-0.4, -0.2) is 50.3 Å². The number of nitrogens with zero attached hydrogens (tertiary/aromatic N) is 6. The molecule has 1 saturated carbocycles. The Morgan fingerprint density at radius 1 is 1.21 bits per heavy atom. The van der Waals surface area contributed by atoms with Crippen LogP contribution in [0.1, 0.15) is 43.4 Å². The molecule has 6 heteroatoms. The van der Waals surface area contributed by atoms with E-state index in [2.05, 4.69) is 44.1 Å². The lowest BCUT2D eigenvalue weighted by Crippen LogP contribution is -2.51. The molecule has 0 bridgehead atoms. The highest BCUT2D eigenvalue weighted by molar-refractivity contribution is 5.41. The molecule has 0 radical (unpaired) electrons. The maximum absolute atomic E-state index is 4.53. The zero-order valence-corrected chi connectivity index (χ0v) is 14.6. The molecule has 6 nitrogen and oxygen atoms in total. The van der Waals surface area contributed by atoms with Crippen LogP contribution >= 0.6 is 0 Å². The summed E-state index contributed by atoms with van der Waals surface area (Å²) in [5, 5.41) is 4.27. The van der Waals surface area contributed by atoms with Gasteiger partial charge in [-0.25, -0.2) is 9.97 Å². The molecule has 2 aliphatic rings. The van der Waals surface area contributed by atoms with Crippen LogP contribution in [-0.2, 0) is 13.6 Å². The van der Waals surface area contributed by atoms with Gasteiger partial charge >= 0.3 is 0 Å². The smallest absolute Gasteiger partial charge is 0.132 e. The minimum absolute atomic E-state index is 0.501. The summed E-state index contributed by atoms with van der Waals surface area (Å²) in [7, 11) is 1.97. The minimum Gasteiger partial charge on any atom is -0.354 e. The Morgan fingerprint density at radius 3 is 2.75 bits per heavy atom. The summed E-state index contributed by atoms with van der Waals surface area (Å²) in [5.74, 6) is 1.76. The average Bonchev–Trinajstić information content (AvgIpc) is 2.93. The van der Waals surface area contributed by atoms with Gasteiger partial charge in [-0.1, -0.05) is 6.42 Å². The second-order valence-corrected chi connectivity index (χ2v) is 7.22. The molecule has 1 unspecified atom stereocenters. The topological polar surface area (TPSA) is 50.1 Å². The van der Waals surface area contributed by atoms with E-state index in [1.165, 1.54) is 30.5 Å². The number of rotatable bonds is 4. The number of hydrogen-bond acceptors (Lipinski definition) is 5. The van der Waals surface area contributed by atoms with E-state index in [0.717, 1.165) is 32.0 Å². The molecule has 3 heterocycles. The van der Waals surface area contributed by atoms with Crippen LogP contribution in [0, 0.1) is 0 Å². The monoisotopic (exact) mass is 326 g/mol. The Balaban J connectivity index is 1.40. The van der Waals surface area contributed by atoms with Crippen molar-refractivity contribution >= 4 is 5.82 Å². The fraction of sp³-hybridized carbons (Fsp3) is 0.611. The third-order valence-corrected chi connectivity index (χ3v) is 5.43. The van der Waals surface area contributed by atoms with Gasteiger partial charge in [0.1, 0.15) is 12.1 Å². The molecule has 1 aliphatic carbocycles. The van der Waals surface area contributed by atoms with E-state index in [0.29, 0.717) is 12.0 Å². The van der Waals surface area contributed by atoms with Crippen LogP contribution in [0.15, 0.2) is 24.8 Å². The molecule has 128 valence electrons.